The number of amides is 2. The van der Waals surface area contributed by atoms with Crippen LogP contribution >= 0.6 is 0 Å². The van der Waals surface area contributed by atoms with Crippen molar-refractivity contribution < 1.29 is 23.3 Å². The number of nitrogens with one attached hydrogen (secondary N) is 2. The number of piperazine rings is 1. The molecule has 0 radical (unpaired) electrons. The number of nitrogens with zero attached hydrogens (tertiary/aromatic N) is 3. The molecule has 2 aromatic heterocycles. The van der Waals surface area contributed by atoms with E-state index in [1.807, 2.05) is 12.1 Å². The molecule has 11 heteroatoms. The number of rotatable bonds is 10. The van der Waals surface area contributed by atoms with Crippen LogP contribution in [0.3, 0.4) is 0 Å². The second-order valence-corrected chi connectivity index (χ2v) is 13.1. The first kappa shape index (κ1) is 32.7. The molecule has 0 spiro atoms. The van der Waals surface area contributed by atoms with Crippen molar-refractivity contribution in [3.8, 4) is 11.8 Å². The van der Waals surface area contributed by atoms with Crippen LogP contribution < -0.4 is 10.0 Å². The van der Waals surface area contributed by atoms with Crippen LogP contribution in [0.15, 0.2) is 94.7 Å². The molecule has 46 heavy (non-hydrogen) atoms. The number of hydrogen-bond acceptors (Lipinski definition) is 8. The lowest BCUT2D eigenvalue weighted by atomic mass is 10.1. The van der Waals surface area contributed by atoms with Crippen LogP contribution in [0.25, 0.3) is 0 Å². The van der Waals surface area contributed by atoms with Crippen molar-refractivity contribution in [3.05, 3.63) is 113 Å². The van der Waals surface area contributed by atoms with Gasteiger partial charge < -0.3 is 19.7 Å². The van der Waals surface area contributed by atoms with E-state index in [1.54, 1.807) is 73.1 Å². The highest BCUT2D eigenvalue weighted by Gasteiger charge is 2.19. The Labute approximate surface area is 269 Å². The second kappa shape index (κ2) is 15.5. The molecule has 4 aromatic rings. The monoisotopic (exact) mass is 639 g/mol. The first-order chi connectivity index (χ1) is 22.3. The van der Waals surface area contributed by atoms with E-state index in [9.17, 15) is 18.9 Å². The molecule has 1 saturated heterocycles. The van der Waals surface area contributed by atoms with Gasteiger partial charge in [-0.25, -0.2) is 4.21 Å². The summed E-state index contributed by atoms with van der Waals surface area (Å²) < 4.78 is 22.3. The van der Waals surface area contributed by atoms with Gasteiger partial charge in [-0.05, 0) is 61.2 Å². The van der Waals surface area contributed by atoms with Crippen LogP contribution in [0.1, 0.15) is 44.0 Å². The van der Waals surface area contributed by atoms with Gasteiger partial charge >= 0.3 is 0 Å². The number of hydrogen-bond donors (Lipinski definition) is 3. The van der Waals surface area contributed by atoms with Crippen LogP contribution in [-0.2, 0) is 9.71 Å². The molecule has 1 atom stereocenters. The Morgan fingerprint density at radius 2 is 1.67 bits per heavy atom. The lowest BCUT2D eigenvalue weighted by Gasteiger charge is -2.34. The quantitative estimate of drug-likeness (QED) is 0.178. The molecule has 1 unspecified atom stereocenters. The number of aliphatic hydroxyl groups is 1. The third kappa shape index (κ3) is 8.71. The first-order valence-electron chi connectivity index (χ1n) is 15.1. The largest absolute Gasteiger partial charge is 0.459 e. The molecule has 0 aliphatic carbocycles. The lowest BCUT2D eigenvalue weighted by Crippen LogP contribution is -2.47. The van der Waals surface area contributed by atoms with Gasteiger partial charge in [-0.2, -0.15) is 0 Å². The summed E-state index contributed by atoms with van der Waals surface area (Å²) in [5.74, 6) is 5.46. The summed E-state index contributed by atoms with van der Waals surface area (Å²) in [5.41, 5.74) is 2.70. The fourth-order valence-electron chi connectivity index (χ4n) is 5.04. The predicted molar refractivity (Wildman–Crippen MR) is 179 cm³/mol. The average molecular weight is 640 g/mol. The number of furan rings is 1. The van der Waals surface area contributed by atoms with E-state index in [0.717, 1.165) is 31.7 Å². The third-order valence-electron chi connectivity index (χ3n) is 7.56. The summed E-state index contributed by atoms with van der Waals surface area (Å²) in [6.45, 7) is 6.84. The minimum atomic E-state index is -3.04. The number of pyridine rings is 1. The van der Waals surface area contributed by atoms with Crippen molar-refractivity contribution in [2.45, 2.75) is 18.2 Å². The van der Waals surface area contributed by atoms with Gasteiger partial charge in [0.05, 0.1) is 28.1 Å². The van der Waals surface area contributed by atoms with E-state index in [2.05, 4.69) is 36.7 Å². The minimum absolute atomic E-state index is 0.153. The van der Waals surface area contributed by atoms with Gasteiger partial charge in [-0.15, -0.1) is 0 Å². The van der Waals surface area contributed by atoms with Gasteiger partial charge in [-0.3, -0.25) is 24.2 Å². The normalized spacial score (nSPS) is 14.8. The number of aryl methyl sites for hydroxylation is 1. The summed E-state index contributed by atoms with van der Waals surface area (Å²) in [4.78, 5) is 35.2. The Balaban J connectivity index is 1.27. The van der Waals surface area contributed by atoms with Gasteiger partial charge in [0.15, 0.2) is 5.76 Å². The second-order valence-electron chi connectivity index (χ2n) is 10.9. The number of β-amino-alcohol motifs (C(OH)–C–C–N with tert-alkyl or cyclic N) is 1. The fourth-order valence-corrected chi connectivity index (χ4v) is 6.83. The Kier molecular flexibility index (Phi) is 11.0. The molecule has 1 aliphatic rings. The summed E-state index contributed by atoms with van der Waals surface area (Å²) in [6.07, 6.45) is 4.97. The smallest absolute Gasteiger partial charge is 0.291 e. The maximum atomic E-state index is 14.2. The fraction of sp³-hybridized carbons (Fsp3) is 0.257. The van der Waals surface area contributed by atoms with Crippen molar-refractivity contribution in [1.29, 1.82) is 0 Å². The lowest BCUT2D eigenvalue weighted by molar-refractivity contribution is 0.0978. The molecule has 238 valence electrons. The minimum Gasteiger partial charge on any atom is -0.459 e. The Bertz CT molecular complexity index is 1850. The molecule has 1 aliphatic heterocycles. The van der Waals surface area contributed by atoms with Crippen molar-refractivity contribution >= 4 is 32.6 Å². The van der Waals surface area contributed by atoms with Crippen molar-refractivity contribution in [2.75, 3.05) is 51.2 Å². The molecule has 5 rings (SSSR count). The highest BCUT2D eigenvalue weighted by atomic mass is 32.2. The summed E-state index contributed by atoms with van der Waals surface area (Å²) in [6, 6.07) is 19.4. The molecular weight excluding hydrogens is 602 g/mol. The van der Waals surface area contributed by atoms with Crippen molar-refractivity contribution in [3.63, 3.8) is 0 Å². The van der Waals surface area contributed by atoms with Crippen LogP contribution in [0.4, 0.5) is 5.69 Å². The Hall–Kier alpha value is -4.73. The molecule has 2 aromatic carbocycles. The van der Waals surface area contributed by atoms with Crippen molar-refractivity contribution in [2.24, 2.45) is 0 Å². The number of carbonyl (C=O) groups excluding carboxylic acids is 2. The van der Waals surface area contributed by atoms with Gasteiger partial charge in [-0.1, -0.05) is 36.1 Å². The molecular formula is C35H37N5O5S. The zero-order chi connectivity index (χ0) is 32.4. The highest BCUT2D eigenvalue weighted by molar-refractivity contribution is 8.00. The standard InChI is InChI=1S/C35H37N5O5S/c1-27-13-21-45-33(27)35(43)37-31-8-5-7-28(24-31)11-12-29-23-30(26-36-25-29)34(42)38-46(44,32-9-3-2-4-10-32)22-6-14-39-15-17-40(18-16-39)19-20-41/h2-5,7-10,13,21-26,41H,6,14-20H2,1H3,(H,37,43)(H,38,42,44). The topological polar surface area (TPSA) is 128 Å². The van der Waals surface area contributed by atoms with E-state index in [0.29, 0.717) is 41.2 Å². The first-order valence-corrected chi connectivity index (χ1v) is 16.7. The molecule has 3 N–H and O–H groups in total. The van der Waals surface area contributed by atoms with Gasteiger partial charge in [0.2, 0.25) is 0 Å². The van der Waals surface area contributed by atoms with Crippen LogP contribution in [-0.4, -0.2) is 87.2 Å². The van der Waals surface area contributed by atoms with E-state index in [-0.39, 0.29) is 23.8 Å². The maximum Gasteiger partial charge on any atom is 0.291 e. The SMILES string of the molecule is Cc1ccoc1C(=O)Nc1cccc(C#Cc2cncc(C(=O)NS(=O)(=CCCN3CCN(CCO)CC3)c3ccccc3)c2)c1. The number of aromatic nitrogens is 1. The number of benzene rings is 2. The Morgan fingerprint density at radius 1 is 0.935 bits per heavy atom. The zero-order valence-electron chi connectivity index (χ0n) is 25.6. The molecule has 0 bridgehead atoms. The summed E-state index contributed by atoms with van der Waals surface area (Å²) >= 11 is 0. The van der Waals surface area contributed by atoms with Crippen LogP contribution in [0, 0.1) is 18.8 Å². The molecule has 10 nitrogen and oxygen atoms in total. The number of aliphatic hydroxyl groups excluding tert-OH is 1. The third-order valence-corrected chi connectivity index (χ3v) is 9.72. The maximum absolute atomic E-state index is 14.2. The van der Waals surface area contributed by atoms with Crippen LogP contribution in [0.2, 0.25) is 0 Å². The highest BCUT2D eigenvalue weighted by Crippen LogP contribution is 2.15. The molecule has 0 saturated carbocycles. The summed E-state index contributed by atoms with van der Waals surface area (Å²) in [5, 5.41) is 13.7. The molecule has 1 fully saturated rings. The van der Waals surface area contributed by atoms with E-state index in [1.165, 1.54) is 12.5 Å². The summed E-state index contributed by atoms with van der Waals surface area (Å²) in [7, 11) is -3.04. The van der Waals surface area contributed by atoms with Gasteiger partial charge in [0.1, 0.15) is 0 Å². The van der Waals surface area contributed by atoms with Crippen molar-refractivity contribution in [1.82, 2.24) is 19.5 Å². The molecule has 2 amide bonds. The number of carbonyl (C=O) groups is 2. The van der Waals surface area contributed by atoms with E-state index < -0.39 is 15.6 Å². The average Bonchev–Trinajstić information content (AvgIpc) is 3.51. The van der Waals surface area contributed by atoms with E-state index in [4.69, 9.17) is 4.42 Å². The van der Waals surface area contributed by atoms with Crippen LogP contribution in [0.5, 0.6) is 0 Å². The number of anilines is 1. The Morgan fingerprint density at radius 3 is 2.39 bits per heavy atom. The van der Waals surface area contributed by atoms with E-state index >= 15 is 0 Å². The predicted octanol–water partition coefficient (Wildman–Crippen LogP) is 3.43. The zero-order valence-corrected chi connectivity index (χ0v) is 26.5. The van der Waals surface area contributed by atoms with Gasteiger partial charge in [0.25, 0.3) is 11.8 Å². The molecule has 3 heterocycles. The van der Waals surface area contributed by atoms with Gasteiger partial charge in [0, 0.05) is 78.9 Å².